The highest BCUT2D eigenvalue weighted by Gasteiger charge is 2.32. The first-order valence-electron chi connectivity index (χ1n) is 9.22. The van der Waals surface area contributed by atoms with Crippen molar-refractivity contribution in [2.45, 2.75) is 49.0 Å². The minimum Gasteiger partial charge on any atom is -0.144 e. The minimum atomic E-state index is 0.474. The Hall–Kier alpha value is -0.860. The van der Waals surface area contributed by atoms with E-state index >= 15 is 0 Å². The monoisotopic (exact) mass is 356 g/mol. The summed E-state index contributed by atoms with van der Waals surface area (Å²) >= 11 is 4.49. The van der Waals surface area contributed by atoms with E-state index in [4.69, 9.17) is 0 Å². The molecule has 24 heavy (non-hydrogen) atoms. The van der Waals surface area contributed by atoms with Crippen LogP contribution in [0.1, 0.15) is 43.2 Å². The van der Waals surface area contributed by atoms with Crippen molar-refractivity contribution in [2.75, 3.05) is 11.5 Å². The molecule has 1 aliphatic heterocycles. The van der Waals surface area contributed by atoms with Crippen LogP contribution in [0.5, 0.6) is 0 Å². The molecule has 1 heterocycles. The SMILES string of the molecule is c1ccc(CCCC2(CCCc3ccccc3)SCCCS2)cc1. The highest BCUT2D eigenvalue weighted by molar-refractivity contribution is 8.18. The van der Waals surface area contributed by atoms with Crippen molar-refractivity contribution in [3.63, 3.8) is 0 Å². The molecule has 0 bridgehead atoms. The van der Waals surface area contributed by atoms with Crippen LogP contribution in [0.3, 0.4) is 0 Å². The van der Waals surface area contributed by atoms with Crippen molar-refractivity contribution in [1.29, 1.82) is 0 Å². The molecule has 0 amide bonds. The lowest BCUT2D eigenvalue weighted by atomic mass is 10.0. The van der Waals surface area contributed by atoms with Crippen molar-refractivity contribution >= 4 is 23.5 Å². The highest BCUT2D eigenvalue weighted by Crippen LogP contribution is 2.49. The standard InChI is InChI=1S/C22H28S2/c1-3-10-20(11-4-1)14-7-16-22(23-18-9-19-24-22)17-8-15-21-12-5-2-6-13-21/h1-6,10-13H,7-9,14-19H2. The quantitative estimate of drug-likeness (QED) is 0.522. The van der Waals surface area contributed by atoms with E-state index in [1.54, 1.807) is 0 Å². The Kier molecular flexibility index (Phi) is 7.16. The van der Waals surface area contributed by atoms with Crippen molar-refractivity contribution < 1.29 is 0 Å². The van der Waals surface area contributed by atoms with Gasteiger partial charge in [-0.05, 0) is 67.6 Å². The van der Waals surface area contributed by atoms with Crippen LogP contribution in [-0.2, 0) is 12.8 Å². The third-order valence-electron chi connectivity index (χ3n) is 4.75. The summed E-state index contributed by atoms with van der Waals surface area (Å²) in [6.45, 7) is 0. The van der Waals surface area contributed by atoms with Gasteiger partial charge in [0.15, 0.2) is 0 Å². The molecule has 2 heteroatoms. The fourth-order valence-corrected chi connectivity index (χ4v) is 6.94. The smallest absolute Gasteiger partial charge is 0.0611 e. The highest BCUT2D eigenvalue weighted by atomic mass is 32.2. The van der Waals surface area contributed by atoms with E-state index < -0.39 is 0 Å². The van der Waals surface area contributed by atoms with Crippen LogP contribution in [-0.4, -0.2) is 15.6 Å². The molecule has 2 aromatic rings. The van der Waals surface area contributed by atoms with Gasteiger partial charge in [-0.1, -0.05) is 60.7 Å². The average Bonchev–Trinajstić information content (AvgIpc) is 2.64. The van der Waals surface area contributed by atoms with Crippen LogP contribution in [0, 0.1) is 0 Å². The van der Waals surface area contributed by atoms with Crippen molar-refractivity contribution in [2.24, 2.45) is 0 Å². The van der Waals surface area contributed by atoms with Gasteiger partial charge in [0.1, 0.15) is 0 Å². The van der Waals surface area contributed by atoms with Crippen LogP contribution in [0.4, 0.5) is 0 Å². The molecule has 0 radical (unpaired) electrons. The van der Waals surface area contributed by atoms with Crippen LogP contribution >= 0.6 is 23.5 Å². The maximum Gasteiger partial charge on any atom is 0.0611 e. The van der Waals surface area contributed by atoms with Crippen LogP contribution < -0.4 is 0 Å². The summed E-state index contributed by atoms with van der Waals surface area (Å²) in [6.07, 6.45) is 9.17. The first-order valence-corrected chi connectivity index (χ1v) is 11.2. The summed E-state index contributed by atoms with van der Waals surface area (Å²) in [5.41, 5.74) is 2.98. The van der Waals surface area contributed by atoms with Gasteiger partial charge >= 0.3 is 0 Å². The second-order valence-electron chi connectivity index (χ2n) is 6.64. The largest absolute Gasteiger partial charge is 0.144 e. The molecule has 1 fully saturated rings. The molecule has 0 saturated carbocycles. The summed E-state index contributed by atoms with van der Waals surface area (Å²) in [5, 5.41) is 0. The second-order valence-corrected chi connectivity index (χ2v) is 9.85. The molecule has 0 nitrogen and oxygen atoms in total. The molecular formula is C22H28S2. The van der Waals surface area contributed by atoms with Gasteiger partial charge in [0.05, 0.1) is 4.08 Å². The number of rotatable bonds is 8. The molecule has 1 saturated heterocycles. The first kappa shape index (κ1) is 17.9. The van der Waals surface area contributed by atoms with Crippen molar-refractivity contribution in [1.82, 2.24) is 0 Å². The second kappa shape index (κ2) is 9.58. The zero-order chi connectivity index (χ0) is 16.5. The van der Waals surface area contributed by atoms with Crippen LogP contribution in [0.25, 0.3) is 0 Å². The number of aryl methyl sites for hydroxylation is 2. The maximum atomic E-state index is 2.27. The average molecular weight is 357 g/mol. The molecule has 2 aromatic carbocycles. The number of benzene rings is 2. The van der Waals surface area contributed by atoms with Gasteiger partial charge in [-0.25, -0.2) is 0 Å². The molecule has 128 valence electrons. The summed E-state index contributed by atoms with van der Waals surface area (Å²) in [6, 6.07) is 21.9. The van der Waals surface area contributed by atoms with Gasteiger partial charge in [-0.2, -0.15) is 0 Å². The number of hydrogen-bond acceptors (Lipinski definition) is 2. The van der Waals surface area contributed by atoms with Gasteiger partial charge in [-0.3, -0.25) is 0 Å². The van der Waals surface area contributed by atoms with E-state index in [0.717, 1.165) is 0 Å². The molecule has 3 rings (SSSR count). The van der Waals surface area contributed by atoms with Gasteiger partial charge in [0.25, 0.3) is 0 Å². The van der Waals surface area contributed by atoms with Crippen molar-refractivity contribution in [3.8, 4) is 0 Å². The van der Waals surface area contributed by atoms with E-state index in [-0.39, 0.29) is 0 Å². The lowest BCUT2D eigenvalue weighted by Crippen LogP contribution is -2.25. The van der Waals surface area contributed by atoms with Crippen LogP contribution in [0.15, 0.2) is 60.7 Å². The van der Waals surface area contributed by atoms with Gasteiger partial charge in [0.2, 0.25) is 0 Å². The number of thioether (sulfide) groups is 2. The Labute approximate surface area is 155 Å². The third-order valence-corrected chi connectivity index (χ3v) is 8.31. The number of hydrogen-bond donors (Lipinski definition) is 0. The molecular weight excluding hydrogens is 328 g/mol. The zero-order valence-corrected chi connectivity index (χ0v) is 16.1. The predicted molar refractivity (Wildman–Crippen MR) is 111 cm³/mol. The molecule has 0 aliphatic carbocycles. The fraction of sp³-hybridized carbons (Fsp3) is 0.455. The van der Waals surface area contributed by atoms with E-state index in [1.807, 2.05) is 0 Å². The van der Waals surface area contributed by atoms with E-state index in [0.29, 0.717) is 4.08 Å². The third kappa shape index (κ3) is 5.60. The van der Waals surface area contributed by atoms with Gasteiger partial charge < -0.3 is 0 Å². The lowest BCUT2D eigenvalue weighted by Gasteiger charge is -2.36. The summed E-state index contributed by atoms with van der Waals surface area (Å²) in [7, 11) is 0. The molecule has 0 spiro atoms. The normalized spacial score (nSPS) is 16.8. The Bertz CT molecular complexity index is 526. The van der Waals surface area contributed by atoms with Crippen molar-refractivity contribution in [3.05, 3.63) is 71.8 Å². The fourth-order valence-electron chi connectivity index (χ4n) is 3.44. The van der Waals surface area contributed by atoms with Crippen LogP contribution in [0.2, 0.25) is 0 Å². The van der Waals surface area contributed by atoms with E-state index in [9.17, 15) is 0 Å². The van der Waals surface area contributed by atoms with Gasteiger partial charge in [0, 0.05) is 0 Å². The summed E-state index contributed by atoms with van der Waals surface area (Å²) in [4.78, 5) is 0. The molecule has 0 unspecified atom stereocenters. The molecule has 0 aromatic heterocycles. The Morgan fingerprint density at radius 1 is 0.667 bits per heavy atom. The van der Waals surface area contributed by atoms with Gasteiger partial charge in [-0.15, -0.1) is 23.5 Å². The molecule has 0 atom stereocenters. The van der Waals surface area contributed by atoms with E-state index in [1.165, 1.54) is 67.6 Å². The topological polar surface area (TPSA) is 0 Å². The summed E-state index contributed by atoms with van der Waals surface area (Å²) < 4.78 is 0.474. The molecule has 1 aliphatic rings. The Morgan fingerprint density at radius 2 is 1.12 bits per heavy atom. The zero-order valence-electron chi connectivity index (χ0n) is 14.5. The first-order chi connectivity index (χ1) is 11.9. The Balaban J connectivity index is 1.50. The Morgan fingerprint density at radius 3 is 1.58 bits per heavy atom. The predicted octanol–water partition coefficient (Wildman–Crippen LogP) is 6.60. The minimum absolute atomic E-state index is 0.474. The van der Waals surface area contributed by atoms with E-state index in [2.05, 4.69) is 84.2 Å². The molecule has 0 N–H and O–H groups in total. The lowest BCUT2D eigenvalue weighted by molar-refractivity contribution is 0.592. The summed E-state index contributed by atoms with van der Waals surface area (Å²) in [5.74, 6) is 2.70. The maximum absolute atomic E-state index is 2.27.